The van der Waals surface area contributed by atoms with Gasteiger partial charge in [0.2, 0.25) is 0 Å². The number of carboxylic acids is 1. The van der Waals surface area contributed by atoms with Gasteiger partial charge in [-0.25, -0.2) is 9.78 Å². The molecule has 0 fully saturated rings. The van der Waals surface area contributed by atoms with E-state index in [-0.39, 0.29) is 11.3 Å². The number of aryl methyl sites for hydroxylation is 1. The zero-order valence-corrected chi connectivity index (χ0v) is 11.7. The number of carbonyl (C=O) groups is 1. The van der Waals surface area contributed by atoms with E-state index in [1.165, 1.54) is 12.3 Å². The summed E-state index contributed by atoms with van der Waals surface area (Å²) in [6.07, 6.45) is 1.27. The molecule has 4 N–H and O–H groups in total. The summed E-state index contributed by atoms with van der Waals surface area (Å²) in [4.78, 5) is 14.8. The number of nitrogens with two attached hydrogens (primary N) is 1. The van der Waals surface area contributed by atoms with Crippen molar-refractivity contribution in [2.75, 3.05) is 11.1 Å². The quantitative estimate of drug-likeness (QED) is 0.808. The van der Waals surface area contributed by atoms with Crippen LogP contribution in [0.1, 0.15) is 15.9 Å². The predicted octanol–water partition coefficient (Wildman–Crippen LogP) is 3.18. The van der Waals surface area contributed by atoms with E-state index in [1.807, 2.05) is 25.1 Å². The molecule has 2 rings (SSSR count). The van der Waals surface area contributed by atoms with Crippen LogP contribution in [0.2, 0.25) is 0 Å². The van der Waals surface area contributed by atoms with E-state index >= 15 is 0 Å². The van der Waals surface area contributed by atoms with Crippen LogP contribution < -0.4 is 11.1 Å². The molecule has 0 aliphatic rings. The molecule has 6 heteroatoms. The van der Waals surface area contributed by atoms with Crippen molar-refractivity contribution < 1.29 is 9.90 Å². The molecule has 19 heavy (non-hydrogen) atoms. The molecule has 2 aromatic rings. The number of hydrogen-bond donors (Lipinski definition) is 3. The number of nitrogens with one attached hydrogen (secondary N) is 1. The molecule has 0 spiro atoms. The van der Waals surface area contributed by atoms with Gasteiger partial charge in [0.15, 0.2) is 5.82 Å². The molecule has 0 atom stereocenters. The van der Waals surface area contributed by atoms with Crippen LogP contribution in [0.15, 0.2) is 34.9 Å². The molecule has 98 valence electrons. The topological polar surface area (TPSA) is 88.2 Å². The minimum atomic E-state index is -1.05. The van der Waals surface area contributed by atoms with Crippen LogP contribution in [0, 0.1) is 6.92 Å². The van der Waals surface area contributed by atoms with Crippen molar-refractivity contribution in [1.82, 2.24) is 4.98 Å². The molecule has 0 bridgehead atoms. The standard InChI is InChI=1S/C13H12BrN3O2/c1-7-2-3-11(9(14)4-7)17-12-10(15)5-8(6-16-12)13(18)19/h2-6H,15H2,1H3,(H,16,17)(H,18,19). The van der Waals surface area contributed by atoms with Gasteiger partial charge >= 0.3 is 5.97 Å². The molecule has 1 heterocycles. The van der Waals surface area contributed by atoms with Crippen molar-refractivity contribution in [1.29, 1.82) is 0 Å². The lowest BCUT2D eigenvalue weighted by atomic mass is 10.2. The number of pyridine rings is 1. The second-order valence-electron chi connectivity index (χ2n) is 4.08. The third-order valence-corrected chi connectivity index (χ3v) is 3.20. The Morgan fingerprint density at radius 3 is 2.74 bits per heavy atom. The van der Waals surface area contributed by atoms with Gasteiger partial charge in [0.1, 0.15) is 0 Å². The Morgan fingerprint density at radius 1 is 1.42 bits per heavy atom. The molecule has 1 aromatic carbocycles. The maximum Gasteiger partial charge on any atom is 0.337 e. The number of benzene rings is 1. The minimum absolute atomic E-state index is 0.0611. The molecule has 0 aliphatic heterocycles. The van der Waals surface area contributed by atoms with Gasteiger partial charge in [-0.15, -0.1) is 0 Å². The Labute approximate surface area is 118 Å². The van der Waals surface area contributed by atoms with Gasteiger partial charge in [0, 0.05) is 10.7 Å². The lowest BCUT2D eigenvalue weighted by Crippen LogP contribution is -2.04. The van der Waals surface area contributed by atoms with E-state index in [9.17, 15) is 4.79 Å². The Bertz CT molecular complexity index is 644. The van der Waals surface area contributed by atoms with Gasteiger partial charge in [-0.05, 0) is 46.6 Å². The van der Waals surface area contributed by atoms with Crippen LogP contribution in [0.25, 0.3) is 0 Å². The largest absolute Gasteiger partial charge is 0.478 e. The maximum absolute atomic E-state index is 10.8. The summed E-state index contributed by atoms with van der Waals surface area (Å²) >= 11 is 3.44. The molecule has 0 radical (unpaired) electrons. The Hall–Kier alpha value is -2.08. The highest BCUT2D eigenvalue weighted by Gasteiger charge is 2.09. The summed E-state index contributed by atoms with van der Waals surface area (Å²) in [5.41, 5.74) is 8.07. The van der Waals surface area contributed by atoms with Crippen molar-refractivity contribution in [2.45, 2.75) is 6.92 Å². The molecule has 0 unspecified atom stereocenters. The zero-order chi connectivity index (χ0) is 14.0. The molecule has 0 amide bonds. The first kappa shape index (κ1) is 13.4. The lowest BCUT2D eigenvalue weighted by molar-refractivity contribution is 0.0696. The fraction of sp³-hybridized carbons (Fsp3) is 0.0769. The van der Waals surface area contributed by atoms with Crippen LogP contribution in [0.5, 0.6) is 0 Å². The van der Waals surface area contributed by atoms with E-state index in [2.05, 4.69) is 26.2 Å². The van der Waals surface area contributed by atoms with Crippen molar-refractivity contribution in [3.8, 4) is 0 Å². The number of nitrogen functional groups attached to an aromatic ring is 1. The number of anilines is 3. The van der Waals surface area contributed by atoms with Gasteiger partial charge in [0.25, 0.3) is 0 Å². The molecule has 5 nitrogen and oxygen atoms in total. The number of rotatable bonds is 3. The summed E-state index contributed by atoms with van der Waals surface area (Å²) in [7, 11) is 0. The Kier molecular flexibility index (Phi) is 3.71. The SMILES string of the molecule is Cc1ccc(Nc2ncc(C(=O)O)cc2N)c(Br)c1. The first-order valence-corrected chi connectivity index (χ1v) is 6.28. The number of halogens is 1. The highest BCUT2D eigenvalue weighted by atomic mass is 79.9. The van der Waals surface area contributed by atoms with Gasteiger partial charge in [-0.2, -0.15) is 0 Å². The van der Waals surface area contributed by atoms with E-state index < -0.39 is 5.97 Å². The van der Waals surface area contributed by atoms with Crippen molar-refractivity contribution in [3.05, 3.63) is 46.1 Å². The number of aromatic nitrogens is 1. The van der Waals surface area contributed by atoms with Gasteiger partial charge in [-0.1, -0.05) is 6.07 Å². The van der Waals surface area contributed by atoms with Crippen LogP contribution in [0.4, 0.5) is 17.2 Å². The van der Waals surface area contributed by atoms with Gasteiger partial charge < -0.3 is 16.2 Å². The van der Waals surface area contributed by atoms with E-state index in [4.69, 9.17) is 10.8 Å². The average Bonchev–Trinajstić information content (AvgIpc) is 2.34. The predicted molar refractivity (Wildman–Crippen MR) is 77.8 cm³/mol. The number of carboxylic acid groups (broad SMARTS) is 1. The maximum atomic E-state index is 10.8. The third kappa shape index (κ3) is 3.03. The Balaban J connectivity index is 2.31. The van der Waals surface area contributed by atoms with Gasteiger partial charge in [0.05, 0.1) is 16.9 Å². The average molecular weight is 322 g/mol. The molecule has 0 aliphatic carbocycles. The summed E-state index contributed by atoms with van der Waals surface area (Å²) in [6.45, 7) is 1.99. The second-order valence-corrected chi connectivity index (χ2v) is 4.93. The molecular formula is C13H12BrN3O2. The molecule has 0 saturated heterocycles. The zero-order valence-electron chi connectivity index (χ0n) is 10.1. The Morgan fingerprint density at radius 2 is 2.16 bits per heavy atom. The van der Waals surface area contributed by atoms with Crippen molar-refractivity contribution >= 4 is 39.1 Å². The van der Waals surface area contributed by atoms with E-state index in [0.29, 0.717) is 5.82 Å². The summed E-state index contributed by atoms with van der Waals surface area (Å²) in [5, 5.41) is 11.9. The highest BCUT2D eigenvalue weighted by Crippen LogP contribution is 2.28. The second kappa shape index (κ2) is 5.27. The highest BCUT2D eigenvalue weighted by molar-refractivity contribution is 9.10. The summed E-state index contributed by atoms with van der Waals surface area (Å²) in [6, 6.07) is 7.18. The van der Waals surface area contributed by atoms with Gasteiger partial charge in [-0.3, -0.25) is 0 Å². The summed E-state index contributed by atoms with van der Waals surface area (Å²) in [5.74, 6) is -0.628. The first-order chi connectivity index (χ1) is 8.97. The number of nitrogens with zero attached hydrogens (tertiary/aromatic N) is 1. The third-order valence-electron chi connectivity index (χ3n) is 2.54. The minimum Gasteiger partial charge on any atom is -0.478 e. The van der Waals surface area contributed by atoms with Crippen molar-refractivity contribution in [2.24, 2.45) is 0 Å². The van der Waals surface area contributed by atoms with Crippen molar-refractivity contribution in [3.63, 3.8) is 0 Å². The van der Waals surface area contributed by atoms with Crippen LogP contribution in [-0.2, 0) is 0 Å². The summed E-state index contributed by atoms with van der Waals surface area (Å²) < 4.78 is 0.885. The lowest BCUT2D eigenvalue weighted by Gasteiger charge is -2.10. The number of hydrogen-bond acceptors (Lipinski definition) is 4. The fourth-order valence-corrected chi connectivity index (χ4v) is 2.14. The van der Waals surface area contributed by atoms with E-state index in [1.54, 1.807) is 0 Å². The van der Waals surface area contributed by atoms with Crippen LogP contribution in [0.3, 0.4) is 0 Å². The monoisotopic (exact) mass is 321 g/mol. The molecule has 0 saturated carbocycles. The van der Waals surface area contributed by atoms with E-state index in [0.717, 1.165) is 15.7 Å². The first-order valence-electron chi connectivity index (χ1n) is 5.49. The fourth-order valence-electron chi connectivity index (χ4n) is 1.55. The number of aromatic carboxylic acids is 1. The normalized spacial score (nSPS) is 10.2. The van der Waals surface area contributed by atoms with Crippen LogP contribution in [-0.4, -0.2) is 16.1 Å². The molecule has 1 aromatic heterocycles. The molecular weight excluding hydrogens is 310 g/mol. The van der Waals surface area contributed by atoms with Crippen LogP contribution >= 0.6 is 15.9 Å². The smallest absolute Gasteiger partial charge is 0.337 e.